The Hall–Kier alpha value is -2.01. The van der Waals surface area contributed by atoms with Crippen molar-refractivity contribution >= 4 is 40.8 Å². The molecule has 4 nitrogen and oxygen atoms in total. The Bertz CT molecular complexity index is 850. The number of hydrogen-bond acceptors (Lipinski definition) is 3. The summed E-state index contributed by atoms with van der Waals surface area (Å²) >= 11 is 18.4. The van der Waals surface area contributed by atoms with Crippen molar-refractivity contribution in [2.45, 2.75) is 18.0 Å². The zero-order chi connectivity index (χ0) is 18.5. The van der Waals surface area contributed by atoms with E-state index in [4.69, 9.17) is 39.5 Å². The third kappa shape index (κ3) is 4.79. The maximum atomic E-state index is 12.5. The number of nitrogens with zero attached hydrogens (tertiary/aromatic N) is 2. The van der Waals surface area contributed by atoms with E-state index in [1.54, 1.807) is 71.8 Å². The molecule has 0 fully saturated rings. The molecule has 1 aromatic heterocycles. The summed E-state index contributed by atoms with van der Waals surface area (Å²) in [6.45, 7) is 0. The van der Waals surface area contributed by atoms with E-state index < -0.39 is 17.6 Å². The van der Waals surface area contributed by atoms with Crippen LogP contribution in [0.1, 0.15) is 22.7 Å². The molecule has 7 heteroatoms. The number of esters is 1. The summed E-state index contributed by atoms with van der Waals surface area (Å²) in [4.78, 5) is 16.5. The Morgan fingerprint density at radius 2 is 1.65 bits per heavy atom. The van der Waals surface area contributed by atoms with Gasteiger partial charge in [-0.15, -0.1) is 0 Å². The quantitative estimate of drug-likeness (QED) is 0.401. The van der Waals surface area contributed by atoms with Gasteiger partial charge in [0.2, 0.25) is 0 Å². The van der Waals surface area contributed by atoms with Gasteiger partial charge in [-0.3, -0.25) is 4.79 Å². The minimum Gasteiger partial charge on any atom is -0.454 e. The van der Waals surface area contributed by atoms with E-state index >= 15 is 0 Å². The first-order valence-corrected chi connectivity index (χ1v) is 9.03. The van der Waals surface area contributed by atoms with Crippen molar-refractivity contribution in [3.8, 4) is 0 Å². The van der Waals surface area contributed by atoms with Gasteiger partial charge in [-0.1, -0.05) is 59.1 Å². The van der Waals surface area contributed by atoms with Crippen molar-refractivity contribution in [3.63, 3.8) is 0 Å². The van der Waals surface area contributed by atoms with Crippen molar-refractivity contribution in [1.82, 2.24) is 9.55 Å². The molecule has 26 heavy (non-hydrogen) atoms. The van der Waals surface area contributed by atoms with Crippen LogP contribution in [0.15, 0.2) is 67.3 Å². The normalized spacial score (nSPS) is 13.2. The summed E-state index contributed by atoms with van der Waals surface area (Å²) in [6, 6.07) is 14.1. The highest BCUT2D eigenvalue weighted by atomic mass is 35.5. The highest BCUT2D eigenvalue weighted by Crippen LogP contribution is 2.34. The number of imidazole rings is 1. The molecule has 0 bridgehead atoms. The van der Waals surface area contributed by atoms with Crippen molar-refractivity contribution < 1.29 is 9.53 Å². The van der Waals surface area contributed by atoms with E-state index in [1.807, 2.05) is 0 Å². The smallest absolute Gasteiger partial charge is 0.310 e. The Morgan fingerprint density at radius 3 is 2.23 bits per heavy atom. The highest BCUT2D eigenvalue weighted by Gasteiger charge is 2.26. The minimum absolute atomic E-state index is 0.120. The lowest BCUT2D eigenvalue weighted by Crippen LogP contribution is -2.20. The average molecular weight is 410 g/mol. The van der Waals surface area contributed by atoms with E-state index in [0.29, 0.717) is 10.0 Å². The molecule has 2 aromatic carbocycles. The lowest BCUT2D eigenvalue weighted by molar-refractivity contribution is -0.149. The Morgan fingerprint density at radius 1 is 1.04 bits per heavy atom. The lowest BCUT2D eigenvalue weighted by Gasteiger charge is -2.24. The van der Waals surface area contributed by atoms with Gasteiger partial charge in [0.05, 0.1) is 12.7 Å². The van der Waals surface area contributed by atoms with Gasteiger partial charge in [-0.25, -0.2) is 4.98 Å². The van der Waals surface area contributed by atoms with E-state index in [0.717, 1.165) is 11.1 Å². The topological polar surface area (TPSA) is 44.1 Å². The molecule has 134 valence electrons. The standard InChI is InChI=1S/C19H15Cl3N2O2/c20-15-5-1-13(2-6-15)11-17(25)26-18(14-3-7-16(21)8-4-14)19(22)24-10-9-23-12-24/h1-10,12,18-19H,11H2. The number of carbonyl (C=O) groups is 1. The molecule has 0 aliphatic rings. The van der Waals surface area contributed by atoms with Crippen molar-refractivity contribution in [1.29, 1.82) is 0 Å². The first kappa shape index (κ1) is 18.8. The maximum Gasteiger partial charge on any atom is 0.310 e. The number of hydrogen-bond donors (Lipinski definition) is 0. The second-order valence-electron chi connectivity index (χ2n) is 5.65. The van der Waals surface area contributed by atoms with Crippen molar-refractivity contribution in [2.24, 2.45) is 0 Å². The summed E-state index contributed by atoms with van der Waals surface area (Å²) in [7, 11) is 0. The second kappa shape index (κ2) is 8.58. The highest BCUT2D eigenvalue weighted by molar-refractivity contribution is 6.30. The van der Waals surface area contributed by atoms with Crippen molar-refractivity contribution in [2.75, 3.05) is 0 Å². The molecule has 0 spiro atoms. The predicted octanol–water partition coefficient (Wildman–Crippen LogP) is 5.45. The van der Waals surface area contributed by atoms with Crippen LogP contribution < -0.4 is 0 Å². The van der Waals surface area contributed by atoms with Crippen LogP contribution in [0.25, 0.3) is 0 Å². The molecule has 0 N–H and O–H groups in total. The number of halogens is 3. The monoisotopic (exact) mass is 408 g/mol. The molecule has 2 atom stereocenters. The zero-order valence-corrected chi connectivity index (χ0v) is 15.8. The average Bonchev–Trinajstić information content (AvgIpc) is 3.17. The van der Waals surface area contributed by atoms with Gasteiger partial charge in [0.1, 0.15) is 5.50 Å². The number of carbonyl (C=O) groups excluding carboxylic acids is 1. The molecule has 0 saturated carbocycles. The van der Waals surface area contributed by atoms with E-state index in [2.05, 4.69) is 4.98 Å². The SMILES string of the molecule is O=C(Cc1ccc(Cl)cc1)OC(c1ccc(Cl)cc1)C(Cl)n1ccnc1. The molecule has 3 aromatic rings. The van der Waals surface area contributed by atoms with Crippen molar-refractivity contribution in [3.05, 3.63) is 88.4 Å². The number of rotatable bonds is 6. The molecule has 3 rings (SSSR count). The van der Waals surface area contributed by atoms with Gasteiger partial charge in [0.15, 0.2) is 6.10 Å². The number of alkyl halides is 1. The molecule has 0 amide bonds. The molecule has 0 aliphatic carbocycles. The molecule has 2 unspecified atom stereocenters. The fourth-order valence-electron chi connectivity index (χ4n) is 2.46. The molecular formula is C19H15Cl3N2O2. The van der Waals surface area contributed by atoms with Crippen LogP contribution in [-0.2, 0) is 16.0 Å². The Labute approximate surface area is 166 Å². The van der Waals surface area contributed by atoms with Crippen LogP contribution in [0.5, 0.6) is 0 Å². The maximum absolute atomic E-state index is 12.5. The Kier molecular flexibility index (Phi) is 6.20. The largest absolute Gasteiger partial charge is 0.454 e. The van der Waals surface area contributed by atoms with Crippen LogP contribution in [0.2, 0.25) is 10.0 Å². The summed E-state index contributed by atoms with van der Waals surface area (Å²) in [5.74, 6) is -0.391. The lowest BCUT2D eigenvalue weighted by atomic mass is 10.1. The van der Waals surface area contributed by atoms with Crippen LogP contribution in [0.3, 0.4) is 0 Å². The molecule has 0 aliphatic heterocycles. The fourth-order valence-corrected chi connectivity index (χ4v) is 3.02. The third-order valence-electron chi connectivity index (χ3n) is 3.78. The summed E-state index contributed by atoms with van der Waals surface area (Å²) in [6.07, 6.45) is 4.34. The predicted molar refractivity (Wildman–Crippen MR) is 103 cm³/mol. The molecular weight excluding hydrogens is 395 g/mol. The Balaban J connectivity index is 1.79. The molecule has 0 radical (unpaired) electrons. The van der Waals surface area contributed by atoms with Gasteiger partial charge in [-0.2, -0.15) is 0 Å². The fraction of sp³-hybridized carbons (Fsp3) is 0.158. The second-order valence-corrected chi connectivity index (χ2v) is 6.97. The van der Waals surface area contributed by atoms with E-state index in [9.17, 15) is 4.79 Å². The number of ether oxygens (including phenoxy) is 1. The van der Waals surface area contributed by atoms with Crippen LogP contribution >= 0.6 is 34.8 Å². The van der Waals surface area contributed by atoms with Crippen LogP contribution in [0.4, 0.5) is 0 Å². The molecule has 0 saturated heterocycles. The summed E-state index contributed by atoms with van der Waals surface area (Å²) in [5.41, 5.74) is 0.906. The minimum atomic E-state index is -0.692. The summed E-state index contributed by atoms with van der Waals surface area (Å²) in [5, 5.41) is 1.20. The van der Waals surface area contributed by atoms with Crippen LogP contribution in [-0.4, -0.2) is 15.5 Å². The number of benzene rings is 2. The third-order valence-corrected chi connectivity index (χ3v) is 4.74. The first-order chi connectivity index (χ1) is 12.5. The van der Waals surface area contributed by atoms with Gasteiger partial charge in [0.25, 0.3) is 0 Å². The van der Waals surface area contributed by atoms with E-state index in [-0.39, 0.29) is 6.42 Å². The van der Waals surface area contributed by atoms with Crippen LogP contribution in [0, 0.1) is 0 Å². The number of aromatic nitrogens is 2. The van der Waals surface area contributed by atoms with Gasteiger partial charge in [0, 0.05) is 22.4 Å². The first-order valence-electron chi connectivity index (χ1n) is 7.84. The van der Waals surface area contributed by atoms with Gasteiger partial charge in [-0.05, 0) is 35.4 Å². The molecule has 1 heterocycles. The summed E-state index contributed by atoms with van der Waals surface area (Å²) < 4.78 is 7.38. The van der Waals surface area contributed by atoms with Gasteiger partial charge < -0.3 is 9.30 Å². The van der Waals surface area contributed by atoms with E-state index in [1.165, 1.54) is 0 Å². The van der Waals surface area contributed by atoms with Gasteiger partial charge >= 0.3 is 5.97 Å². The zero-order valence-electron chi connectivity index (χ0n) is 13.6.